The van der Waals surface area contributed by atoms with Crippen LogP contribution < -0.4 is 16.0 Å². The average Bonchev–Trinajstić information content (AvgIpc) is 3.23. The van der Waals surface area contributed by atoms with Gasteiger partial charge in [-0.2, -0.15) is 0 Å². The van der Waals surface area contributed by atoms with Crippen molar-refractivity contribution in [3.05, 3.63) is 35.7 Å². The SMILES string of the molecule is O=C1C=C(c2nc(C3=CC(=O)NC3=O)nc(C3=CC(=O)NC3=O)n2)C(=O)N1. The van der Waals surface area contributed by atoms with Crippen molar-refractivity contribution in [3.8, 4) is 0 Å². The number of nitrogens with one attached hydrogen (secondary N) is 3. The molecule has 6 amide bonds. The molecule has 4 heterocycles. The molecule has 12 nitrogen and oxygen atoms in total. The van der Waals surface area contributed by atoms with Gasteiger partial charge in [0.05, 0.1) is 16.7 Å². The normalized spacial score (nSPS) is 18.9. The van der Waals surface area contributed by atoms with E-state index in [-0.39, 0.29) is 34.2 Å². The van der Waals surface area contributed by atoms with Gasteiger partial charge in [-0.1, -0.05) is 0 Å². The highest BCUT2D eigenvalue weighted by Gasteiger charge is 2.32. The summed E-state index contributed by atoms with van der Waals surface area (Å²) in [6.07, 6.45) is 2.81. The fourth-order valence-corrected chi connectivity index (χ4v) is 2.47. The number of carbonyl (C=O) groups is 6. The van der Waals surface area contributed by atoms with Gasteiger partial charge in [0.2, 0.25) is 0 Å². The molecule has 0 aliphatic carbocycles. The van der Waals surface area contributed by atoms with Gasteiger partial charge in [0.25, 0.3) is 35.4 Å². The molecule has 0 radical (unpaired) electrons. The van der Waals surface area contributed by atoms with Crippen LogP contribution in [0.4, 0.5) is 0 Å². The monoisotopic (exact) mass is 366 g/mol. The third kappa shape index (κ3) is 2.70. The predicted octanol–water partition coefficient (Wildman–Crippen LogP) is -3.01. The molecule has 132 valence electrons. The fraction of sp³-hybridized carbons (Fsp3) is 0. The summed E-state index contributed by atoms with van der Waals surface area (Å²) in [6.45, 7) is 0. The first-order valence-electron chi connectivity index (χ1n) is 7.30. The van der Waals surface area contributed by atoms with Gasteiger partial charge in [0.1, 0.15) is 0 Å². The molecule has 0 atom stereocenters. The zero-order valence-electron chi connectivity index (χ0n) is 13.0. The van der Waals surface area contributed by atoms with Crippen LogP contribution in [0.15, 0.2) is 18.2 Å². The van der Waals surface area contributed by atoms with E-state index in [0.29, 0.717) is 0 Å². The number of hydrogen-bond acceptors (Lipinski definition) is 9. The van der Waals surface area contributed by atoms with Crippen LogP contribution in [0.3, 0.4) is 0 Å². The van der Waals surface area contributed by atoms with Gasteiger partial charge in [-0.3, -0.25) is 44.7 Å². The lowest BCUT2D eigenvalue weighted by Gasteiger charge is -2.07. The average molecular weight is 366 g/mol. The molecular formula is C15H6N6O6. The van der Waals surface area contributed by atoms with Gasteiger partial charge in [-0.15, -0.1) is 0 Å². The van der Waals surface area contributed by atoms with Gasteiger partial charge in [-0.25, -0.2) is 15.0 Å². The van der Waals surface area contributed by atoms with Crippen molar-refractivity contribution in [1.29, 1.82) is 0 Å². The highest BCUT2D eigenvalue weighted by molar-refractivity contribution is 6.35. The summed E-state index contributed by atoms with van der Waals surface area (Å²) in [5.41, 5.74) is -0.665. The molecule has 4 rings (SSSR count). The van der Waals surface area contributed by atoms with Gasteiger partial charge in [0.15, 0.2) is 17.5 Å². The van der Waals surface area contributed by atoms with Crippen LogP contribution in [0.25, 0.3) is 16.7 Å². The minimum absolute atomic E-state index is 0.222. The van der Waals surface area contributed by atoms with Crippen molar-refractivity contribution in [2.45, 2.75) is 0 Å². The zero-order chi connectivity index (χ0) is 19.3. The number of nitrogens with zero attached hydrogens (tertiary/aromatic N) is 3. The van der Waals surface area contributed by atoms with Crippen molar-refractivity contribution >= 4 is 52.2 Å². The topological polar surface area (TPSA) is 177 Å². The first kappa shape index (κ1) is 16.1. The van der Waals surface area contributed by atoms with Crippen molar-refractivity contribution in [2.75, 3.05) is 0 Å². The molecular weight excluding hydrogens is 360 g/mol. The standard InChI is InChI=1S/C15H6N6O6/c22-7-1-4(13(25)16-7)10-19-11(5-2-8(23)17-14(5)26)21-12(20-10)6-3-9(24)18-15(6)27/h1-3H,(H,16,22,25)(H,17,23,26)(H,18,24,27). The molecule has 0 fully saturated rings. The van der Waals surface area contributed by atoms with Crippen LogP contribution in [-0.2, 0) is 28.8 Å². The molecule has 0 aromatic carbocycles. The highest BCUT2D eigenvalue weighted by Crippen LogP contribution is 2.22. The lowest BCUT2D eigenvalue weighted by molar-refractivity contribution is -0.124. The second-order valence-electron chi connectivity index (χ2n) is 5.44. The summed E-state index contributed by atoms with van der Waals surface area (Å²) < 4.78 is 0. The molecule has 27 heavy (non-hydrogen) atoms. The van der Waals surface area contributed by atoms with Crippen molar-refractivity contribution in [3.63, 3.8) is 0 Å². The molecule has 3 N–H and O–H groups in total. The second kappa shape index (κ2) is 5.59. The second-order valence-corrected chi connectivity index (χ2v) is 5.44. The maximum atomic E-state index is 11.9. The quantitative estimate of drug-likeness (QED) is 0.470. The van der Waals surface area contributed by atoms with E-state index in [4.69, 9.17) is 0 Å². The Morgan fingerprint density at radius 1 is 0.481 bits per heavy atom. The Bertz CT molecular complexity index is 961. The smallest absolute Gasteiger partial charge is 0.262 e. The van der Waals surface area contributed by atoms with Gasteiger partial charge in [-0.05, 0) is 0 Å². The third-order valence-corrected chi connectivity index (χ3v) is 3.63. The van der Waals surface area contributed by atoms with E-state index in [2.05, 4.69) is 15.0 Å². The summed E-state index contributed by atoms with van der Waals surface area (Å²) in [5, 5.41) is 6.02. The zero-order valence-corrected chi connectivity index (χ0v) is 13.0. The van der Waals surface area contributed by atoms with Crippen molar-refractivity contribution < 1.29 is 28.8 Å². The largest absolute Gasteiger partial charge is 0.289 e. The summed E-state index contributed by atoms with van der Waals surface area (Å²) in [7, 11) is 0. The van der Waals surface area contributed by atoms with E-state index in [1.165, 1.54) is 0 Å². The highest BCUT2D eigenvalue weighted by atomic mass is 16.2. The van der Waals surface area contributed by atoms with Gasteiger partial charge >= 0.3 is 0 Å². The number of amides is 6. The Balaban J connectivity index is 1.91. The molecule has 0 bridgehead atoms. The molecule has 12 heteroatoms. The molecule has 1 aromatic rings. The van der Waals surface area contributed by atoms with Gasteiger partial charge < -0.3 is 0 Å². The van der Waals surface area contributed by atoms with E-state index in [0.717, 1.165) is 18.2 Å². The number of rotatable bonds is 3. The summed E-state index contributed by atoms with van der Waals surface area (Å²) in [5.74, 6) is -5.36. The minimum Gasteiger partial charge on any atom is -0.289 e. The molecule has 0 saturated heterocycles. The predicted molar refractivity (Wildman–Crippen MR) is 83.2 cm³/mol. The van der Waals surface area contributed by atoms with E-state index in [1.807, 2.05) is 16.0 Å². The Morgan fingerprint density at radius 3 is 0.926 bits per heavy atom. The van der Waals surface area contributed by atoms with Crippen molar-refractivity contribution in [1.82, 2.24) is 30.9 Å². The number of hydrogen-bond donors (Lipinski definition) is 3. The lowest BCUT2D eigenvalue weighted by Crippen LogP contribution is -2.24. The maximum absolute atomic E-state index is 11.9. The molecule has 0 unspecified atom stereocenters. The third-order valence-electron chi connectivity index (χ3n) is 3.63. The Hall–Kier alpha value is -4.35. The lowest BCUT2D eigenvalue weighted by atomic mass is 10.2. The summed E-state index contributed by atoms with van der Waals surface area (Å²) >= 11 is 0. The minimum atomic E-state index is -0.787. The fourth-order valence-electron chi connectivity index (χ4n) is 2.47. The van der Waals surface area contributed by atoms with Crippen LogP contribution >= 0.6 is 0 Å². The molecule has 3 aliphatic rings. The van der Waals surface area contributed by atoms with Crippen molar-refractivity contribution in [2.24, 2.45) is 0 Å². The first-order valence-corrected chi connectivity index (χ1v) is 7.30. The first-order chi connectivity index (χ1) is 12.8. The van der Waals surface area contributed by atoms with E-state index >= 15 is 0 Å². The molecule has 1 aromatic heterocycles. The van der Waals surface area contributed by atoms with Crippen LogP contribution in [0.2, 0.25) is 0 Å². The summed E-state index contributed by atoms with van der Waals surface area (Å²) in [6, 6.07) is 0. The number of aromatic nitrogens is 3. The maximum Gasteiger partial charge on any atom is 0.262 e. The molecule has 0 spiro atoms. The summed E-state index contributed by atoms with van der Waals surface area (Å²) in [4.78, 5) is 81.7. The van der Waals surface area contributed by atoms with Crippen LogP contribution in [-0.4, -0.2) is 50.4 Å². The Labute approximate surface area is 148 Å². The van der Waals surface area contributed by atoms with E-state index in [1.54, 1.807) is 0 Å². The Kier molecular flexibility index (Phi) is 3.34. The number of carbonyl (C=O) groups excluding carboxylic acids is 6. The molecule has 3 aliphatic heterocycles. The van der Waals surface area contributed by atoms with E-state index < -0.39 is 35.4 Å². The number of imide groups is 3. The van der Waals surface area contributed by atoms with Crippen LogP contribution in [0.1, 0.15) is 17.5 Å². The Morgan fingerprint density at radius 2 is 0.741 bits per heavy atom. The molecule has 0 saturated carbocycles. The van der Waals surface area contributed by atoms with E-state index in [9.17, 15) is 28.8 Å². The van der Waals surface area contributed by atoms with Crippen LogP contribution in [0, 0.1) is 0 Å². The van der Waals surface area contributed by atoms with Crippen LogP contribution in [0.5, 0.6) is 0 Å². The van der Waals surface area contributed by atoms with Gasteiger partial charge in [0, 0.05) is 18.2 Å².